The molecule has 11 rings (SSSR count). The average molecular weight is 715 g/mol. The molecule has 0 saturated heterocycles. The Labute approximate surface area is 324 Å². The second kappa shape index (κ2) is 13.1. The van der Waals surface area contributed by atoms with Crippen LogP contribution in [0, 0.1) is 0 Å². The number of benzene rings is 8. The van der Waals surface area contributed by atoms with Gasteiger partial charge in [-0.15, -0.1) is 0 Å². The van der Waals surface area contributed by atoms with Crippen molar-refractivity contribution in [2.45, 2.75) is 0 Å². The lowest BCUT2D eigenvalue weighted by Gasteiger charge is -2.12. The van der Waals surface area contributed by atoms with Crippen molar-refractivity contribution in [3.63, 3.8) is 0 Å². The van der Waals surface area contributed by atoms with Gasteiger partial charge in [-0.05, 0) is 100 Å². The van der Waals surface area contributed by atoms with E-state index in [0.717, 1.165) is 72.4 Å². The van der Waals surface area contributed by atoms with E-state index in [2.05, 4.69) is 187 Å². The summed E-state index contributed by atoms with van der Waals surface area (Å²) in [5, 5.41) is 4.73. The summed E-state index contributed by atoms with van der Waals surface area (Å²) in [6.07, 6.45) is 0. The van der Waals surface area contributed by atoms with E-state index >= 15 is 0 Å². The molecule has 8 aromatic carbocycles. The van der Waals surface area contributed by atoms with Gasteiger partial charge in [-0.25, -0.2) is 4.98 Å². The second-order valence-electron chi connectivity index (χ2n) is 14.4. The third-order valence-corrected chi connectivity index (χ3v) is 11.0. The van der Waals surface area contributed by atoms with Crippen LogP contribution in [-0.4, -0.2) is 9.55 Å². The lowest BCUT2D eigenvalue weighted by molar-refractivity contribution is 0.669. The van der Waals surface area contributed by atoms with Gasteiger partial charge < -0.3 is 8.98 Å². The maximum Gasteiger partial charge on any atom is 0.136 e. The van der Waals surface area contributed by atoms with Gasteiger partial charge in [-0.1, -0.05) is 140 Å². The summed E-state index contributed by atoms with van der Waals surface area (Å²) in [7, 11) is 0. The van der Waals surface area contributed by atoms with E-state index in [4.69, 9.17) is 9.40 Å². The van der Waals surface area contributed by atoms with Crippen LogP contribution in [0.5, 0.6) is 0 Å². The van der Waals surface area contributed by atoms with E-state index in [-0.39, 0.29) is 0 Å². The molecule has 0 aliphatic rings. The Morgan fingerprint density at radius 2 is 0.839 bits per heavy atom. The zero-order valence-corrected chi connectivity index (χ0v) is 30.4. The van der Waals surface area contributed by atoms with E-state index in [0.29, 0.717) is 0 Å². The van der Waals surface area contributed by atoms with E-state index in [1.54, 1.807) is 0 Å². The van der Waals surface area contributed by atoms with E-state index in [1.165, 1.54) is 32.9 Å². The van der Waals surface area contributed by atoms with Crippen molar-refractivity contribution in [1.82, 2.24) is 9.55 Å². The number of aromatic nitrogens is 2. The predicted molar refractivity (Wildman–Crippen MR) is 233 cm³/mol. The third-order valence-electron chi connectivity index (χ3n) is 11.0. The van der Waals surface area contributed by atoms with E-state index < -0.39 is 0 Å². The van der Waals surface area contributed by atoms with Gasteiger partial charge in [0.25, 0.3) is 0 Å². The summed E-state index contributed by atoms with van der Waals surface area (Å²) in [5.41, 5.74) is 16.3. The number of hydrogen-bond acceptors (Lipinski definition) is 2. The van der Waals surface area contributed by atoms with Crippen molar-refractivity contribution >= 4 is 43.7 Å². The average Bonchev–Trinajstić information content (AvgIpc) is 3.82. The second-order valence-corrected chi connectivity index (χ2v) is 14.4. The number of para-hydroxylation sites is 2. The summed E-state index contributed by atoms with van der Waals surface area (Å²) >= 11 is 0. The zero-order chi connectivity index (χ0) is 37.0. The molecule has 0 aliphatic carbocycles. The normalized spacial score (nSPS) is 11.6. The Morgan fingerprint density at radius 3 is 1.61 bits per heavy atom. The molecule has 0 fully saturated rings. The Bertz CT molecular complexity index is 3190. The molecule has 0 amide bonds. The molecule has 262 valence electrons. The first kappa shape index (κ1) is 32.0. The van der Waals surface area contributed by atoms with Gasteiger partial charge in [0.05, 0.1) is 22.4 Å². The zero-order valence-electron chi connectivity index (χ0n) is 30.4. The van der Waals surface area contributed by atoms with Crippen molar-refractivity contribution in [3.05, 3.63) is 206 Å². The van der Waals surface area contributed by atoms with E-state index in [1.807, 2.05) is 24.3 Å². The minimum atomic E-state index is 0.903. The molecule has 3 aromatic heterocycles. The fraction of sp³-hybridized carbons (Fsp3) is 0. The molecule has 3 nitrogen and oxygen atoms in total. The quantitative estimate of drug-likeness (QED) is 0.172. The molecule has 0 unspecified atom stereocenters. The fourth-order valence-electron chi connectivity index (χ4n) is 8.25. The molecule has 3 heteroatoms. The SMILES string of the molecule is c1ccc(-c2cc(-c3cccc(-c4ccc5c(c4)c4ccccc4n5-c4cccc(-c5ccc6c(c5)oc5ccccc56)c4)c3)cc(-c3ccccc3)n2)cc1. The van der Waals surface area contributed by atoms with Crippen LogP contribution in [0.1, 0.15) is 0 Å². The van der Waals surface area contributed by atoms with Gasteiger partial charge in [-0.2, -0.15) is 0 Å². The summed E-state index contributed by atoms with van der Waals surface area (Å²) < 4.78 is 8.64. The Morgan fingerprint density at radius 1 is 0.304 bits per heavy atom. The van der Waals surface area contributed by atoms with Crippen LogP contribution < -0.4 is 0 Å². The highest BCUT2D eigenvalue weighted by atomic mass is 16.3. The minimum absolute atomic E-state index is 0.903. The summed E-state index contributed by atoms with van der Waals surface area (Å²) in [5.74, 6) is 0. The Hall–Kier alpha value is -7.49. The Kier molecular flexibility index (Phi) is 7.49. The smallest absolute Gasteiger partial charge is 0.136 e. The largest absolute Gasteiger partial charge is 0.456 e. The molecule has 0 bridgehead atoms. The number of rotatable bonds is 6. The highest BCUT2D eigenvalue weighted by molar-refractivity contribution is 6.11. The molecule has 0 aliphatic heterocycles. The number of hydrogen-bond donors (Lipinski definition) is 0. The summed E-state index contributed by atoms with van der Waals surface area (Å²) in [6.45, 7) is 0. The van der Waals surface area contributed by atoms with Crippen LogP contribution >= 0.6 is 0 Å². The standard InChI is InChI=1S/C53H34N2O/c1-3-13-35(14-4-1)48-32-42(33-49(54-48)36-15-5-2-6-16-36)38-18-11-17-37(29-38)40-26-28-51-47(31-40)44-21-7-9-23-50(44)55(51)43-20-12-19-39(30-43)41-25-27-46-45-22-8-10-24-52(45)56-53(46)34-41/h1-34H. The van der Waals surface area contributed by atoms with Crippen LogP contribution in [0.4, 0.5) is 0 Å². The maximum atomic E-state index is 6.25. The van der Waals surface area contributed by atoms with Gasteiger partial charge >= 0.3 is 0 Å². The number of nitrogens with zero attached hydrogens (tertiary/aromatic N) is 2. The molecule has 0 atom stereocenters. The molecule has 0 saturated carbocycles. The molecule has 3 heterocycles. The van der Waals surface area contributed by atoms with E-state index in [9.17, 15) is 0 Å². The first-order chi connectivity index (χ1) is 27.7. The minimum Gasteiger partial charge on any atom is -0.456 e. The first-order valence-corrected chi connectivity index (χ1v) is 19.0. The molecule has 11 aromatic rings. The highest BCUT2D eigenvalue weighted by Crippen LogP contribution is 2.38. The van der Waals surface area contributed by atoms with Crippen molar-refractivity contribution in [3.8, 4) is 61.6 Å². The van der Waals surface area contributed by atoms with Crippen LogP contribution in [0.2, 0.25) is 0 Å². The van der Waals surface area contributed by atoms with Crippen molar-refractivity contribution in [2.24, 2.45) is 0 Å². The van der Waals surface area contributed by atoms with Crippen molar-refractivity contribution in [2.75, 3.05) is 0 Å². The number of furan rings is 1. The van der Waals surface area contributed by atoms with Crippen molar-refractivity contribution in [1.29, 1.82) is 0 Å². The van der Waals surface area contributed by atoms with Gasteiger partial charge in [0.15, 0.2) is 0 Å². The van der Waals surface area contributed by atoms with Gasteiger partial charge in [0.1, 0.15) is 11.2 Å². The summed E-state index contributed by atoms with van der Waals surface area (Å²) in [4.78, 5) is 5.11. The van der Waals surface area contributed by atoms with Gasteiger partial charge in [-0.3, -0.25) is 0 Å². The van der Waals surface area contributed by atoms with Gasteiger partial charge in [0, 0.05) is 38.4 Å². The molecule has 56 heavy (non-hydrogen) atoms. The highest BCUT2D eigenvalue weighted by Gasteiger charge is 2.16. The molecule has 0 N–H and O–H groups in total. The van der Waals surface area contributed by atoms with Gasteiger partial charge in [0.2, 0.25) is 0 Å². The lowest BCUT2D eigenvalue weighted by Crippen LogP contribution is -1.94. The molecule has 0 spiro atoms. The third kappa shape index (κ3) is 5.49. The molecular formula is C53H34N2O. The molecule has 0 radical (unpaired) electrons. The Balaban J connectivity index is 1.00. The monoisotopic (exact) mass is 714 g/mol. The van der Waals surface area contributed by atoms with Crippen LogP contribution in [-0.2, 0) is 0 Å². The summed E-state index contributed by atoms with van der Waals surface area (Å²) in [6, 6.07) is 73.4. The van der Waals surface area contributed by atoms with Crippen LogP contribution in [0.25, 0.3) is 105 Å². The van der Waals surface area contributed by atoms with Crippen molar-refractivity contribution < 1.29 is 4.42 Å². The maximum absolute atomic E-state index is 6.25. The number of pyridine rings is 1. The fourth-order valence-corrected chi connectivity index (χ4v) is 8.25. The molecular weight excluding hydrogens is 681 g/mol. The lowest BCUT2D eigenvalue weighted by atomic mass is 9.96. The predicted octanol–water partition coefficient (Wildman–Crippen LogP) is 14.4. The topological polar surface area (TPSA) is 31.0 Å². The van der Waals surface area contributed by atoms with Crippen LogP contribution in [0.15, 0.2) is 211 Å². The first-order valence-electron chi connectivity index (χ1n) is 19.0. The number of fused-ring (bicyclic) bond motifs is 6. The van der Waals surface area contributed by atoms with Crippen LogP contribution in [0.3, 0.4) is 0 Å².